The van der Waals surface area contributed by atoms with Crippen molar-refractivity contribution in [2.45, 2.75) is 26.2 Å². The maximum atomic E-state index is 12.2. The third-order valence-corrected chi connectivity index (χ3v) is 3.50. The number of azide groups is 2. The van der Waals surface area contributed by atoms with Crippen molar-refractivity contribution in [2.75, 3.05) is 0 Å². The van der Waals surface area contributed by atoms with Crippen molar-refractivity contribution in [3.8, 4) is 0 Å². The number of rotatable bonds is 3. The van der Waals surface area contributed by atoms with E-state index in [0.29, 0.717) is 35.6 Å². The molecule has 1 unspecified atom stereocenters. The molecule has 0 aliphatic heterocycles. The van der Waals surface area contributed by atoms with Crippen LogP contribution in [0.15, 0.2) is 40.1 Å². The molecule has 21 heavy (non-hydrogen) atoms. The molecular weight excluding hydrogens is 268 g/mol. The Morgan fingerprint density at radius 2 is 2.05 bits per heavy atom. The lowest BCUT2D eigenvalue weighted by atomic mass is 9.83. The van der Waals surface area contributed by atoms with Crippen LogP contribution in [-0.2, 0) is 4.79 Å². The van der Waals surface area contributed by atoms with Gasteiger partial charge in [0.2, 0.25) is 0 Å². The summed E-state index contributed by atoms with van der Waals surface area (Å²) in [6, 6.07) is 6.78. The first-order valence-electron chi connectivity index (χ1n) is 6.63. The van der Waals surface area contributed by atoms with Gasteiger partial charge in [0.15, 0.2) is 5.78 Å². The fourth-order valence-electron chi connectivity index (χ4n) is 2.45. The van der Waals surface area contributed by atoms with Crippen LogP contribution < -0.4 is 0 Å². The van der Waals surface area contributed by atoms with Gasteiger partial charge in [0.05, 0.1) is 5.70 Å². The monoisotopic (exact) mass is 282 g/mol. The molecule has 0 saturated heterocycles. The van der Waals surface area contributed by atoms with Crippen molar-refractivity contribution in [1.29, 1.82) is 0 Å². The number of hydrogen-bond donors (Lipinski definition) is 0. The van der Waals surface area contributed by atoms with Crippen LogP contribution in [0.5, 0.6) is 0 Å². The summed E-state index contributed by atoms with van der Waals surface area (Å²) in [6.45, 7) is 2.06. The van der Waals surface area contributed by atoms with Gasteiger partial charge in [-0.3, -0.25) is 4.79 Å². The highest BCUT2D eigenvalue weighted by molar-refractivity contribution is 6.03. The van der Waals surface area contributed by atoms with E-state index in [0.717, 1.165) is 6.42 Å². The van der Waals surface area contributed by atoms with E-state index >= 15 is 0 Å². The van der Waals surface area contributed by atoms with Gasteiger partial charge in [-0.1, -0.05) is 41.4 Å². The Bertz CT molecular complexity index is 695. The highest BCUT2D eigenvalue weighted by atomic mass is 16.1. The van der Waals surface area contributed by atoms with E-state index < -0.39 is 0 Å². The molecule has 2 rings (SSSR count). The number of benzene rings is 1. The third-order valence-electron chi connectivity index (χ3n) is 3.50. The topological polar surface area (TPSA) is 115 Å². The Kier molecular flexibility index (Phi) is 4.61. The van der Waals surface area contributed by atoms with Crippen molar-refractivity contribution < 1.29 is 4.79 Å². The van der Waals surface area contributed by atoms with Crippen LogP contribution in [0.25, 0.3) is 26.6 Å². The van der Waals surface area contributed by atoms with E-state index in [2.05, 4.69) is 27.0 Å². The molecular formula is C14H14N6O. The van der Waals surface area contributed by atoms with E-state index in [9.17, 15) is 4.79 Å². The minimum absolute atomic E-state index is 0.00811. The molecule has 0 spiro atoms. The first-order chi connectivity index (χ1) is 10.2. The maximum absolute atomic E-state index is 12.2. The second kappa shape index (κ2) is 6.61. The normalized spacial score (nSPS) is 20.2. The first-order valence-corrected chi connectivity index (χ1v) is 6.63. The first kappa shape index (κ1) is 14.7. The van der Waals surface area contributed by atoms with E-state index in [4.69, 9.17) is 11.1 Å². The molecule has 1 aromatic carbocycles. The Morgan fingerprint density at radius 1 is 1.29 bits per heavy atom. The summed E-state index contributed by atoms with van der Waals surface area (Å²) in [6.07, 6.45) is 1.85. The van der Waals surface area contributed by atoms with E-state index in [1.54, 1.807) is 24.3 Å². The molecule has 0 amide bonds. The van der Waals surface area contributed by atoms with Crippen molar-refractivity contribution in [3.63, 3.8) is 0 Å². The molecule has 1 saturated carbocycles. The van der Waals surface area contributed by atoms with Crippen LogP contribution in [-0.4, -0.2) is 5.78 Å². The zero-order valence-electron chi connectivity index (χ0n) is 11.6. The lowest BCUT2D eigenvalue weighted by Gasteiger charge is -2.22. The minimum Gasteiger partial charge on any atom is -0.295 e. The van der Waals surface area contributed by atoms with E-state index in [-0.39, 0.29) is 11.5 Å². The number of Topliss-reactive ketones (excluding diaryl/α,β-unsaturated/α-hetero) is 1. The number of ketones is 1. The lowest BCUT2D eigenvalue weighted by Crippen LogP contribution is -2.16. The predicted molar refractivity (Wildman–Crippen MR) is 79.3 cm³/mol. The van der Waals surface area contributed by atoms with Crippen LogP contribution in [0.4, 0.5) is 5.69 Å². The van der Waals surface area contributed by atoms with Crippen molar-refractivity contribution in [3.05, 3.63) is 56.3 Å². The summed E-state index contributed by atoms with van der Waals surface area (Å²) in [5.74, 6) is 0.347. The summed E-state index contributed by atoms with van der Waals surface area (Å²) < 4.78 is 0. The van der Waals surface area contributed by atoms with Crippen LogP contribution in [0.2, 0.25) is 0 Å². The van der Waals surface area contributed by atoms with Gasteiger partial charge in [0.1, 0.15) is 0 Å². The molecule has 7 heteroatoms. The van der Waals surface area contributed by atoms with Crippen molar-refractivity contribution >= 4 is 17.2 Å². The molecule has 1 fully saturated rings. The zero-order valence-corrected chi connectivity index (χ0v) is 11.6. The highest BCUT2D eigenvalue weighted by Gasteiger charge is 2.24. The van der Waals surface area contributed by atoms with E-state index in [1.807, 2.05) is 0 Å². The average Bonchev–Trinajstić information content (AvgIpc) is 2.49. The maximum Gasteiger partial charge on any atom is 0.159 e. The molecule has 0 radical (unpaired) electrons. The molecule has 0 aromatic heterocycles. The highest BCUT2D eigenvalue weighted by Crippen LogP contribution is 2.36. The quantitative estimate of drug-likeness (QED) is 0.328. The van der Waals surface area contributed by atoms with Crippen LogP contribution in [0, 0.1) is 5.92 Å². The molecule has 0 heterocycles. The molecule has 1 aliphatic carbocycles. The molecule has 1 aromatic rings. The van der Waals surface area contributed by atoms with Crippen molar-refractivity contribution in [1.82, 2.24) is 0 Å². The molecule has 1 aliphatic rings. The fraction of sp³-hybridized carbons (Fsp3) is 0.357. The Balaban J connectivity index is 2.66. The Labute approximate surface area is 121 Å². The van der Waals surface area contributed by atoms with Gasteiger partial charge in [-0.25, -0.2) is 0 Å². The second-order valence-electron chi connectivity index (χ2n) is 4.99. The molecule has 1 atom stereocenters. The predicted octanol–water partition coefficient (Wildman–Crippen LogP) is 5.04. The van der Waals surface area contributed by atoms with Gasteiger partial charge in [-0.15, -0.1) is 0 Å². The zero-order chi connectivity index (χ0) is 15.2. The Hall–Kier alpha value is -2.75. The van der Waals surface area contributed by atoms with Crippen LogP contribution in [0.3, 0.4) is 0 Å². The largest absolute Gasteiger partial charge is 0.295 e. The number of carbonyl (C=O) groups excluding carboxylic acids is 1. The summed E-state index contributed by atoms with van der Waals surface area (Å²) in [5, 5.41) is 7.30. The van der Waals surface area contributed by atoms with Gasteiger partial charge in [-0.05, 0) is 35.4 Å². The number of allylic oxidation sites excluding steroid dienone is 1. The summed E-state index contributed by atoms with van der Waals surface area (Å²) in [7, 11) is 0. The third kappa shape index (κ3) is 3.23. The molecule has 0 bridgehead atoms. The summed E-state index contributed by atoms with van der Waals surface area (Å²) in [4.78, 5) is 17.8. The van der Waals surface area contributed by atoms with Gasteiger partial charge in [0, 0.05) is 27.5 Å². The number of nitrogens with zero attached hydrogens (tertiary/aromatic N) is 6. The van der Waals surface area contributed by atoms with Gasteiger partial charge in [-0.2, -0.15) is 0 Å². The van der Waals surface area contributed by atoms with Gasteiger partial charge < -0.3 is 0 Å². The summed E-state index contributed by atoms with van der Waals surface area (Å²) >= 11 is 0. The van der Waals surface area contributed by atoms with Crippen LogP contribution >= 0.6 is 0 Å². The van der Waals surface area contributed by atoms with Crippen LogP contribution in [0.1, 0.15) is 31.7 Å². The average molecular weight is 282 g/mol. The lowest BCUT2D eigenvalue weighted by molar-refractivity contribution is -0.116. The smallest absolute Gasteiger partial charge is 0.159 e. The number of hydrogen-bond acceptors (Lipinski definition) is 3. The molecule has 0 N–H and O–H groups in total. The van der Waals surface area contributed by atoms with E-state index in [1.165, 1.54) is 0 Å². The number of carbonyl (C=O) groups is 1. The van der Waals surface area contributed by atoms with Crippen molar-refractivity contribution in [2.24, 2.45) is 16.1 Å². The SMILES string of the molecule is CC1CCC(=O)C(=C(N=[N+]=[N-])c2ccccc2N=[N+]=[N-])C1. The Morgan fingerprint density at radius 3 is 2.76 bits per heavy atom. The van der Waals surface area contributed by atoms with Gasteiger partial charge >= 0.3 is 0 Å². The molecule has 7 nitrogen and oxygen atoms in total. The minimum atomic E-state index is -0.00811. The standard InChI is InChI=1S/C14H14N6O/c1-9-6-7-13(21)11(8-9)14(18-20-16)10-4-2-3-5-12(10)17-19-15/h2-5,9H,6-8H2,1H3. The molecule has 106 valence electrons. The summed E-state index contributed by atoms with van der Waals surface area (Å²) in [5.41, 5.74) is 19.1. The van der Waals surface area contributed by atoms with Gasteiger partial charge in [0.25, 0.3) is 0 Å². The fourth-order valence-corrected chi connectivity index (χ4v) is 2.45. The second-order valence-corrected chi connectivity index (χ2v) is 4.99.